The molecule has 0 spiro atoms. The molecular weight excluding hydrogens is 328 g/mol. The highest BCUT2D eigenvalue weighted by atomic mass is 35.5. The van der Waals surface area contributed by atoms with Gasteiger partial charge in [0.2, 0.25) is 5.91 Å². The highest BCUT2D eigenvalue weighted by molar-refractivity contribution is 7.99. The van der Waals surface area contributed by atoms with Crippen LogP contribution < -0.4 is 5.32 Å². The maximum absolute atomic E-state index is 12.7. The molecule has 23 heavy (non-hydrogen) atoms. The molecule has 0 aromatic heterocycles. The summed E-state index contributed by atoms with van der Waals surface area (Å²) in [6.07, 6.45) is 3.16. The van der Waals surface area contributed by atoms with E-state index in [1.165, 1.54) is 4.90 Å². The largest absolute Gasteiger partial charge is 0.342 e. The van der Waals surface area contributed by atoms with E-state index in [1.54, 1.807) is 0 Å². The fourth-order valence-electron chi connectivity index (χ4n) is 3.51. The Morgan fingerprint density at radius 2 is 2.09 bits per heavy atom. The number of benzene rings is 1. The number of carbonyl (C=O) groups is 1. The zero-order chi connectivity index (χ0) is 15.4. The van der Waals surface area contributed by atoms with Crippen molar-refractivity contribution in [3.05, 3.63) is 30.3 Å². The van der Waals surface area contributed by atoms with Crippen LogP contribution in [0.3, 0.4) is 0 Å². The van der Waals surface area contributed by atoms with Gasteiger partial charge in [0.15, 0.2) is 0 Å². The van der Waals surface area contributed by atoms with Gasteiger partial charge in [-0.1, -0.05) is 18.2 Å². The molecule has 3 rings (SSSR count). The first-order valence-electron chi connectivity index (χ1n) is 8.42. The number of nitrogens with one attached hydrogen (secondary N) is 1. The Balaban J connectivity index is 0.00000192. The van der Waals surface area contributed by atoms with E-state index >= 15 is 0 Å². The topological polar surface area (TPSA) is 32.3 Å². The number of halogens is 1. The number of hydrogen-bond acceptors (Lipinski definition) is 3. The SMILES string of the molecule is C[C@H]1C[C@@H](C(=O)N2CCC(CSc3ccccc3)C2)CCN1.Cl. The van der Waals surface area contributed by atoms with Crippen molar-refractivity contribution in [1.82, 2.24) is 10.2 Å². The lowest BCUT2D eigenvalue weighted by Gasteiger charge is -2.30. The van der Waals surface area contributed by atoms with E-state index in [0.29, 0.717) is 17.9 Å². The first-order chi connectivity index (χ1) is 10.7. The summed E-state index contributed by atoms with van der Waals surface area (Å²) in [6.45, 7) is 5.08. The van der Waals surface area contributed by atoms with Gasteiger partial charge in [0.1, 0.15) is 0 Å². The van der Waals surface area contributed by atoms with Crippen LogP contribution in [0.1, 0.15) is 26.2 Å². The van der Waals surface area contributed by atoms with Gasteiger partial charge >= 0.3 is 0 Å². The van der Waals surface area contributed by atoms with E-state index < -0.39 is 0 Å². The van der Waals surface area contributed by atoms with Crippen molar-refractivity contribution in [2.45, 2.75) is 37.1 Å². The van der Waals surface area contributed by atoms with Gasteiger partial charge < -0.3 is 10.2 Å². The summed E-state index contributed by atoms with van der Waals surface area (Å²) >= 11 is 1.92. The molecule has 1 aromatic carbocycles. The second-order valence-corrected chi connectivity index (χ2v) is 7.73. The molecular formula is C18H27ClN2OS. The molecule has 2 fully saturated rings. The Morgan fingerprint density at radius 3 is 2.83 bits per heavy atom. The van der Waals surface area contributed by atoms with Crippen LogP contribution >= 0.6 is 24.2 Å². The molecule has 1 N–H and O–H groups in total. The van der Waals surface area contributed by atoms with Crippen molar-refractivity contribution in [3.63, 3.8) is 0 Å². The smallest absolute Gasteiger partial charge is 0.225 e. The van der Waals surface area contributed by atoms with Gasteiger partial charge in [-0.25, -0.2) is 0 Å². The van der Waals surface area contributed by atoms with Gasteiger partial charge in [-0.3, -0.25) is 4.79 Å². The molecule has 0 bridgehead atoms. The number of piperidine rings is 1. The van der Waals surface area contributed by atoms with Crippen LogP contribution in [-0.2, 0) is 4.79 Å². The lowest BCUT2D eigenvalue weighted by atomic mass is 9.92. The van der Waals surface area contributed by atoms with E-state index in [4.69, 9.17) is 0 Å². The minimum absolute atomic E-state index is 0. The van der Waals surface area contributed by atoms with Crippen molar-refractivity contribution in [2.24, 2.45) is 11.8 Å². The Kier molecular flexibility index (Phi) is 7.25. The van der Waals surface area contributed by atoms with Gasteiger partial charge in [-0.2, -0.15) is 0 Å². The van der Waals surface area contributed by atoms with Crippen molar-refractivity contribution < 1.29 is 4.79 Å². The van der Waals surface area contributed by atoms with Gasteiger partial charge in [0.25, 0.3) is 0 Å². The summed E-state index contributed by atoms with van der Waals surface area (Å²) in [7, 11) is 0. The summed E-state index contributed by atoms with van der Waals surface area (Å²) in [4.78, 5) is 16.1. The lowest BCUT2D eigenvalue weighted by molar-refractivity contribution is -0.135. The van der Waals surface area contributed by atoms with Gasteiger partial charge in [-0.05, 0) is 50.8 Å². The molecule has 2 heterocycles. The zero-order valence-electron chi connectivity index (χ0n) is 13.7. The van der Waals surface area contributed by atoms with E-state index in [-0.39, 0.29) is 18.3 Å². The van der Waals surface area contributed by atoms with Crippen molar-refractivity contribution in [1.29, 1.82) is 0 Å². The number of carbonyl (C=O) groups excluding carboxylic acids is 1. The second kappa shape index (κ2) is 8.95. The maximum atomic E-state index is 12.7. The summed E-state index contributed by atoms with van der Waals surface area (Å²) in [6, 6.07) is 11.0. The van der Waals surface area contributed by atoms with Crippen molar-refractivity contribution in [3.8, 4) is 0 Å². The third-order valence-corrected chi connectivity index (χ3v) is 6.04. The monoisotopic (exact) mass is 354 g/mol. The second-order valence-electron chi connectivity index (χ2n) is 6.64. The molecule has 3 nitrogen and oxygen atoms in total. The molecule has 0 aliphatic carbocycles. The number of hydrogen-bond donors (Lipinski definition) is 1. The van der Waals surface area contributed by atoms with E-state index in [9.17, 15) is 4.79 Å². The fraction of sp³-hybridized carbons (Fsp3) is 0.611. The number of nitrogens with zero attached hydrogens (tertiary/aromatic N) is 1. The highest BCUT2D eigenvalue weighted by Crippen LogP contribution is 2.28. The quantitative estimate of drug-likeness (QED) is 0.841. The molecule has 1 amide bonds. The minimum atomic E-state index is 0. The van der Waals surface area contributed by atoms with Crippen LogP contribution in [-0.4, -0.2) is 42.2 Å². The number of likely N-dealkylation sites (tertiary alicyclic amines) is 1. The van der Waals surface area contributed by atoms with E-state index in [2.05, 4.69) is 47.5 Å². The molecule has 2 aliphatic heterocycles. The molecule has 1 aromatic rings. The predicted octanol–water partition coefficient (Wildman–Crippen LogP) is 3.44. The van der Waals surface area contributed by atoms with Crippen LogP contribution in [0, 0.1) is 11.8 Å². The molecule has 0 radical (unpaired) electrons. The number of rotatable bonds is 4. The highest BCUT2D eigenvalue weighted by Gasteiger charge is 2.32. The molecule has 2 saturated heterocycles. The molecule has 0 saturated carbocycles. The van der Waals surface area contributed by atoms with Crippen molar-refractivity contribution >= 4 is 30.1 Å². The molecule has 128 valence electrons. The Labute approximate surface area is 150 Å². The van der Waals surface area contributed by atoms with Crippen LogP contribution in [0.4, 0.5) is 0 Å². The average molecular weight is 355 g/mol. The lowest BCUT2D eigenvalue weighted by Crippen LogP contribution is -2.43. The first kappa shape index (κ1) is 18.6. The third kappa shape index (κ3) is 5.13. The number of thioether (sulfide) groups is 1. The molecule has 5 heteroatoms. The Bertz CT molecular complexity index is 499. The normalized spacial score (nSPS) is 27.5. The summed E-state index contributed by atoms with van der Waals surface area (Å²) < 4.78 is 0. The van der Waals surface area contributed by atoms with E-state index in [0.717, 1.165) is 44.6 Å². The minimum Gasteiger partial charge on any atom is -0.342 e. The maximum Gasteiger partial charge on any atom is 0.225 e. The van der Waals surface area contributed by atoms with Gasteiger partial charge in [-0.15, -0.1) is 24.2 Å². The summed E-state index contributed by atoms with van der Waals surface area (Å²) in [5, 5.41) is 3.43. The summed E-state index contributed by atoms with van der Waals surface area (Å²) in [5.41, 5.74) is 0. The van der Waals surface area contributed by atoms with Gasteiger partial charge in [0, 0.05) is 35.7 Å². The predicted molar refractivity (Wildman–Crippen MR) is 99.3 cm³/mol. The molecule has 1 unspecified atom stereocenters. The van der Waals surface area contributed by atoms with Gasteiger partial charge in [0.05, 0.1) is 0 Å². The first-order valence-corrected chi connectivity index (χ1v) is 9.41. The standard InChI is InChI=1S/C18H26N2OS.ClH/c1-14-11-16(7-9-19-14)18(21)20-10-8-15(12-20)13-22-17-5-3-2-4-6-17;/h2-6,14-16,19H,7-13H2,1H3;1H/t14-,15?,16-;/m0./s1. The Hall–Kier alpha value is -0.710. The van der Waals surface area contributed by atoms with Crippen LogP contribution in [0.5, 0.6) is 0 Å². The number of amides is 1. The third-order valence-electron chi connectivity index (χ3n) is 4.80. The van der Waals surface area contributed by atoms with Crippen molar-refractivity contribution in [2.75, 3.05) is 25.4 Å². The fourth-order valence-corrected chi connectivity index (χ4v) is 4.56. The van der Waals surface area contributed by atoms with E-state index in [1.807, 2.05) is 11.8 Å². The Morgan fingerprint density at radius 1 is 1.30 bits per heavy atom. The van der Waals surface area contributed by atoms with Crippen LogP contribution in [0.2, 0.25) is 0 Å². The average Bonchev–Trinajstić information content (AvgIpc) is 3.02. The zero-order valence-corrected chi connectivity index (χ0v) is 15.4. The summed E-state index contributed by atoms with van der Waals surface area (Å²) in [5.74, 6) is 2.42. The van der Waals surface area contributed by atoms with Crippen LogP contribution in [0.25, 0.3) is 0 Å². The van der Waals surface area contributed by atoms with Crippen LogP contribution in [0.15, 0.2) is 35.2 Å². The molecule has 3 atom stereocenters. The molecule has 2 aliphatic rings.